The highest BCUT2D eigenvalue weighted by molar-refractivity contribution is 5.59. The lowest BCUT2D eigenvalue weighted by molar-refractivity contribution is 0.379. The Hall–Kier alpha value is -3.18. The Morgan fingerprint density at radius 1 is 0.900 bits per heavy atom. The molecule has 0 saturated carbocycles. The van der Waals surface area contributed by atoms with E-state index < -0.39 is 0 Å². The molecule has 20 heavy (non-hydrogen) atoms. The van der Waals surface area contributed by atoms with E-state index in [0.717, 1.165) is 0 Å². The van der Waals surface area contributed by atoms with Gasteiger partial charge in [0.25, 0.3) is 0 Å². The molecule has 0 radical (unpaired) electrons. The Balaban J connectivity index is 2.35. The van der Waals surface area contributed by atoms with Crippen molar-refractivity contribution in [1.29, 1.82) is 10.5 Å². The minimum atomic E-state index is 0.357. The van der Waals surface area contributed by atoms with Crippen molar-refractivity contribution < 1.29 is 9.47 Å². The van der Waals surface area contributed by atoms with Crippen LogP contribution in [-0.4, -0.2) is 7.11 Å². The van der Waals surface area contributed by atoms with Crippen molar-refractivity contribution in [2.45, 2.75) is 0 Å². The van der Waals surface area contributed by atoms with Gasteiger partial charge in [-0.3, -0.25) is 0 Å². The molecule has 0 aliphatic carbocycles. The van der Waals surface area contributed by atoms with E-state index in [1.165, 1.54) is 13.2 Å². The van der Waals surface area contributed by atoms with Crippen molar-refractivity contribution in [3.63, 3.8) is 0 Å². The van der Waals surface area contributed by atoms with Crippen LogP contribution in [0.1, 0.15) is 11.1 Å². The molecule has 5 nitrogen and oxygen atoms in total. The molecular weight excluding hydrogens is 254 g/mol. The van der Waals surface area contributed by atoms with Crippen LogP contribution in [-0.2, 0) is 0 Å². The first-order valence-electron chi connectivity index (χ1n) is 5.73. The molecule has 2 N–H and O–H groups in total. The van der Waals surface area contributed by atoms with Gasteiger partial charge in [-0.1, -0.05) is 0 Å². The average molecular weight is 265 g/mol. The Morgan fingerprint density at radius 3 is 2.05 bits per heavy atom. The smallest absolute Gasteiger partial charge is 0.169 e. The Morgan fingerprint density at radius 2 is 1.50 bits per heavy atom. The maximum absolute atomic E-state index is 8.84. The highest BCUT2D eigenvalue weighted by Crippen LogP contribution is 2.34. The highest BCUT2D eigenvalue weighted by atomic mass is 16.5. The van der Waals surface area contributed by atoms with Crippen LogP contribution >= 0.6 is 0 Å². The van der Waals surface area contributed by atoms with Gasteiger partial charge in [-0.05, 0) is 30.3 Å². The fourth-order valence-electron chi connectivity index (χ4n) is 1.65. The molecule has 0 fully saturated rings. The number of nitrogens with zero attached hydrogens (tertiary/aromatic N) is 2. The molecule has 98 valence electrons. The normalized spacial score (nSPS) is 9.35. The second-order valence-electron chi connectivity index (χ2n) is 3.94. The fraction of sp³-hybridized carbons (Fsp3) is 0.0667. The van der Waals surface area contributed by atoms with Gasteiger partial charge in [0.1, 0.15) is 0 Å². The van der Waals surface area contributed by atoms with Gasteiger partial charge in [-0.2, -0.15) is 10.5 Å². The van der Waals surface area contributed by atoms with Crippen LogP contribution in [0.2, 0.25) is 0 Å². The number of rotatable bonds is 3. The van der Waals surface area contributed by atoms with Crippen LogP contribution in [0.25, 0.3) is 0 Å². The largest absolute Gasteiger partial charge is 0.493 e. The first kappa shape index (κ1) is 13.3. The molecule has 0 spiro atoms. The summed E-state index contributed by atoms with van der Waals surface area (Å²) < 4.78 is 10.8. The van der Waals surface area contributed by atoms with Gasteiger partial charge < -0.3 is 15.2 Å². The number of methoxy groups -OCH3 is 1. The van der Waals surface area contributed by atoms with E-state index in [9.17, 15) is 0 Å². The van der Waals surface area contributed by atoms with Crippen molar-refractivity contribution in [1.82, 2.24) is 0 Å². The summed E-state index contributed by atoms with van der Waals surface area (Å²) in [5.41, 5.74) is 7.11. The van der Waals surface area contributed by atoms with Gasteiger partial charge in [-0.25, -0.2) is 0 Å². The number of nitrogen functional groups attached to an aromatic ring is 1. The summed E-state index contributed by atoms with van der Waals surface area (Å²) in [5, 5.41) is 17.6. The van der Waals surface area contributed by atoms with Crippen LogP contribution in [0.15, 0.2) is 36.4 Å². The van der Waals surface area contributed by atoms with E-state index in [2.05, 4.69) is 0 Å². The molecule has 2 aromatic rings. The van der Waals surface area contributed by atoms with E-state index in [-0.39, 0.29) is 0 Å². The van der Waals surface area contributed by atoms with E-state index in [0.29, 0.717) is 34.1 Å². The lowest BCUT2D eigenvalue weighted by Gasteiger charge is -2.12. The predicted octanol–water partition coefficient (Wildman–Crippen LogP) is 2.81. The minimum absolute atomic E-state index is 0.357. The van der Waals surface area contributed by atoms with Gasteiger partial charge in [0.2, 0.25) is 0 Å². The number of hydrogen-bond acceptors (Lipinski definition) is 5. The Bertz CT molecular complexity index is 727. The fourth-order valence-corrected chi connectivity index (χ4v) is 1.65. The molecule has 0 atom stereocenters. The summed E-state index contributed by atoms with van der Waals surface area (Å²) in [4.78, 5) is 0. The maximum Gasteiger partial charge on any atom is 0.169 e. The second-order valence-corrected chi connectivity index (χ2v) is 3.94. The molecule has 0 aliphatic rings. The van der Waals surface area contributed by atoms with Gasteiger partial charge >= 0.3 is 0 Å². The Labute approximate surface area is 116 Å². The van der Waals surface area contributed by atoms with E-state index in [4.69, 9.17) is 25.7 Å². The van der Waals surface area contributed by atoms with E-state index >= 15 is 0 Å². The monoisotopic (exact) mass is 265 g/mol. The molecule has 2 aromatic carbocycles. The van der Waals surface area contributed by atoms with Gasteiger partial charge in [0, 0.05) is 6.07 Å². The van der Waals surface area contributed by atoms with Gasteiger partial charge in [0.05, 0.1) is 36.1 Å². The molecular formula is C15H11N3O2. The third-order valence-electron chi connectivity index (χ3n) is 2.65. The SMILES string of the molecule is COc1cc(C#N)ccc1Oc1ccc(C#N)cc1N. The van der Waals surface area contributed by atoms with Crippen molar-refractivity contribution in [2.24, 2.45) is 0 Å². The minimum Gasteiger partial charge on any atom is -0.493 e. The van der Waals surface area contributed by atoms with E-state index in [1.807, 2.05) is 12.1 Å². The van der Waals surface area contributed by atoms with Crippen LogP contribution in [0.3, 0.4) is 0 Å². The average Bonchev–Trinajstić information content (AvgIpc) is 2.49. The van der Waals surface area contributed by atoms with Crippen LogP contribution < -0.4 is 15.2 Å². The molecule has 2 rings (SSSR count). The van der Waals surface area contributed by atoms with Crippen molar-refractivity contribution >= 4 is 5.69 Å². The van der Waals surface area contributed by atoms with Crippen LogP contribution in [0.4, 0.5) is 5.69 Å². The lowest BCUT2D eigenvalue weighted by Crippen LogP contribution is -1.95. The molecule has 0 saturated heterocycles. The highest BCUT2D eigenvalue weighted by Gasteiger charge is 2.09. The third-order valence-corrected chi connectivity index (χ3v) is 2.65. The first-order valence-corrected chi connectivity index (χ1v) is 5.73. The quantitative estimate of drug-likeness (QED) is 0.861. The third kappa shape index (κ3) is 2.63. The standard InChI is InChI=1S/C15H11N3O2/c1-19-15-7-11(9-17)3-5-14(15)20-13-4-2-10(8-16)6-12(13)18/h2-7H,18H2,1H3. The Kier molecular flexibility index (Phi) is 3.74. The van der Waals surface area contributed by atoms with E-state index in [1.54, 1.807) is 30.3 Å². The predicted molar refractivity (Wildman–Crippen MR) is 73.4 cm³/mol. The zero-order valence-electron chi connectivity index (χ0n) is 10.8. The summed E-state index contributed by atoms with van der Waals surface area (Å²) in [5.74, 6) is 1.31. The van der Waals surface area contributed by atoms with Crippen molar-refractivity contribution in [3.05, 3.63) is 47.5 Å². The molecule has 0 unspecified atom stereocenters. The molecule has 0 bridgehead atoms. The molecule has 0 aromatic heterocycles. The van der Waals surface area contributed by atoms with Crippen LogP contribution in [0, 0.1) is 22.7 Å². The summed E-state index contributed by atoms with van der Waals surface area (Å²) in [7, 11) is 1.49. The number of nitrogens with two attached hydrogens (primary N) is 1. The summed E-state index contributed by atoms with van der Waals surface area (Å²) in [6.07, 6.45) is 0. The van der Waals surface area contributed by atoms with Crippen LogP contribution in [0.5, 0.6) is 17.2 Å². The molecule has 0 amide bonds. The first-order chi connectivity index (χ1) is 9.67. The summed E-state index contributed by atoms with van der Waals surface area (Å²) in [6.45, 7) is 0. The van der Waals surface area contributed by atoms with Crippen molar-refractivity contribution in [2.75, 3.05) is 12.8 Å². The number of ether oxygens (including phenoxy) is 2. The summed E-state index contributed by atoms with van der Waals surface area (Å²) in [6, 6.07) is 13.6. The maximum atomic E-state index is 8.84. The topological polar surface area (TPSA) is 92.1 Å². The number of benzene rings is 2. The molecule has 0 heterocycles. The molecule has 0 aliphatic heterocycles. The second kappa shape index (κ2) is 5.64. The lowest BCUT2D eigenvalue weighted by atomic mass is 10.2. The number of nitriles is 2. The van der Waals surface area contributed by atoms with Gasteiger partial charge in [0.15, 0.2) is 17.2 Å². The number of anilines is 1. The zero-order chi connectivity index (χ0) is 14.5. The van der Waals surface area contributed by atoms with Crippen molar-refractivity contribution in [3.8, 4) is 29.4 Å². The molecule has 5 heteroatoms. The summed E-state index contributed by atoms with van der Waals surface area (Å²) >= 11 is 0. The van der Waals surface area contributed by atoms with Gasteiger partial charge in [-0.15, -0.1) is 0 Å². The zero-order valence-corrected chi connectivity index (χ0v) is 10.8. The number of hydrogen-bond donors (Lipinski definition) is 1.